The highest BCUT2D eigenvalue weighted by Crippen LogP contribution is 2.35. The van der Waals surface area contributed by atoms with Gasteiger partial charge in [-0.3, -0.25) is 14.7 Å². The van der Waals surface area contributed by atoms with E-state index in [-0.39, 0.29) is 23.3 Å². The Kier molecular flexibility index (Phi) is 6.68. The highest BCUT2D eigenvalue weighted by molar-refractivity contribution is 6.07. The zero-order valence-electron chi connectivity index (χ0n) is 20.9. The maximum atomic E-state index is 13.0. The lowest BCUT2D eigenvalue weighted by atomic mass is 9.89. The number of hydrogen-bond donors (Lipinski definition) is 2. The van der Waals surface area contributed by atoms with Crippen LogP contribution in [-0.2, 0) is 16.1 Å². The molecule has 36 heavy (non-hydrogen) atoms. The number of allylic oxidation sites excluding steroid dienone is 2. The highest BCUT2D eigenvalue weighted by atomic mass is 16.5. The van der Waals surface area contributed by atoms with Crippen molar-refractivity contribution in [3.63, 3.8) is 0 Å². The molecule has 0 unspecified atom stereocenters. The Hall–Kier alpha value is -3.43. The first kappa shape index (κ1) is 24.3. The van der Waals surface area contributed by atoms with Gasteiger partial charge in [-0.25, -0.2) is 4.79 Å². The number of H-pyrrole nitrogens is 1. The SMILES string of the molecule is CCO[C@H]1CCN(Cc2c(OC)cc(C)c3[nH]ccc(=O)c23)[C@H](C2=CC=C(C(=O)O)N3CCN=C23)C1. The molecule has 0 saturated carbocycles. The molecular weight excluding hydrogens is 460 g/mol. The van der Waals surface area contributed by atoms with E-state index in [0.29, 0.717) is 37.4 Å². The summed E-state index contributed by atoms with van der Waals surface area (Å²) in [7, 11) is 1.63. The molecule has 2 aromatic rings. The molecule has 3 aliphatic rings. The summed E-state index contributed by atoms with van der Waals surface area (Å²) in [6.07, 6.45) is 6.97. The summed E-state index contributed by atoms with van der Waals surface area (Å²) in [6, 6.07) is 3.47. The van der Waals surface area contributed by atoms with Gasteiger partial charge in [-0.1, -0.05) is 6.08 Å². The zero-order chi connectivity index (χ0) is 25.4. The number of likely N-dealkylation sites (tertiary alicyclic amines) is 1. The Labute approximate surface area is 209 Å². The number of carboxylic acid groups (broad SMARTS) is 1. The minimum atomic E-state index is -0.956. The molecule has 1 fully saturated rings. The van der Waals surface area contributed by atoms with Gasteiger partial charge >= 0.3 is 5.97 Å². The lowest BCUT2D eigenvalue weighted by Crippen LogP contribution is -2.49. The molecule has 9 nitrogen and oxygen atoms in total. The largest absolute Gasteiger partial charge is 0.496 e. The zero-order valence-corrected chi connectivity index (χ0v) is 20.9. The van der Waals surface area contributed by atoms with Gasteiger partial charge in [0.05, 0.1) is 30.7 Å². The van der Waals surface area contributed by atoms with Crippen LogP contribution in [0, 0.1) is 6.92 Å². The summed E-state index contributed by atoms with van der Waals surface area (Å²) < 4.78 is 11.8. The van der Waals surface area contributed by atoms with E-state index >= 15 is 0 Å². The second-order valence-corrected chi connectivity index (χ2v) is 9.39. The number of methoxy groups -OCH3 is 1. The number of aliphatic imine (C=N–C) groups is 1. The summed E-state index contributed by atoms with van der Waals surface area (Å²) in [5.74, 6) is 0.455. The minimum absolute atomic E-state index is 0.0428. The number of rotatable bonds is 7. The van der Waals surface area contributed by atoms with Crippen LogP contribution in [0.5, 0.6) is 5.75 Å². The number of ether oxygens (including phenoxy) is 2. The van der Waals surface area contributed by atoms with Crippen molar-refractivity contribution in [2.45, 2.75) is 45.4 Å². The second kappa shape index (κ2) is 9.91. The summed E-state index contributed by atoms with van der Waals surface area (Å²) >= 11 is 0. The summed E-state index contributed by atoms with van der Waals surface area (Å²) in [5, 5.41) is 10.3. The van der Waals surface area contributed by atoms with E-state index in [1.54, 1.807) is 30.3 Å². The van der Waals surface area contributed by atoms with Gasteiger partial charge in [0.25, 0.3) is 0 Å². The Morgan fingerprint density at radius 1 is 1.31 bits per heavy atom. The van der Waals surface area contributed by atoms with Crippen LogP contribution in [0.4, 0.5) is 0 Å². The lowest BCUT2D eigenvalue weighted by molar-refractivity contribution is -0.133. The maximum absolute atomic E-state index is 13.0. The highest BCUT2D eigenvalue weighted by Gasteiger charge is 2.39. The molecule has 0 bridgehead atoms. The normalized spacial score (nSPS) is 22.2. The lowest BCUT2D eigenvalue weighted by Gasteiger charge is -2.42. The van der Waals surface area contributed by atoms with Crippen molar-refractivity contribution in [3.05, 3.63) is 63.1 Å². The van der Waals surface area contributed by atoms with Crippen LogP contribution < -0.4 is 10.2 Å². The molecule has 0 amide bonds. The Morgan fingerprint density at radius 2 is 2.14 bits per heavy atom. The standard InChI is InChI=1S/C27H32N4O5/c1-4-36-17-8-11-30(15-19-23(35-3)13-16(2)25-24(19)22(32)7-9-28-25)21(14-17)18-5-6-20(27(33)34)31-12-10-29-26(18)31/h5-7,9,13,17,21H,4,8,10-12,14-15H2,1-3H3,(H,28,32)(H,33,34)/t17-,21-/m0/s1. The smallest absolute Gasteiger partial charge is 0.352 e. The monoisotopic (exact) mass is 492 g/mol. The molecule has 1 aromatic carbocycles. The first-order valence-corrected chi connectivity index (χ1v) is 12.4. The Morgan fingerprint density at radius 3 is 2.89 bits per heavy atom. The van der Waals surface area contributed by atoms with E-state index in [4.69, 9.17) is 14.5 Å². The number of aromatic amines is 1. The Balaban J connectivity index is 1.58. The number of nitrogens with zero attached hydrogens (tertiary/aromatic N) is 3. The third kappa shape index (κ3) is 4.22. The first-order valence-electron chi connectivity index (χ1n) is 12.4. The number of benzene rings is 1. The van der Waals surface area contributed by atoms with Gasteiger partial charge < -0.3 is 24.5 Å². The number of carbonyl (C=O) groups is 1. The van der Waals surface area contributed by atoms with E-state index in [9.17, 15) is 14.7 Å². The van der Waals surface area contributed by atoms with E-state index in [0.717, 1.165) is 47.4 Å². The van der Waals surface area contributed by atoms with Crippen molar-refractivity contribution < 1.29 is 19.4 Å². The average Bonchev–Trinajstić information content (AvgIpc) is 3.36. The van der Waals surface area contributed by atoms with E-state index in [2.05, 4.69) is 9.88 Å². The third-order valence-electron chi connectivity index (χ3n) is 7.34. The molecule has 0 spiro atoms. The molecule has 2 N–H and O–H groups in total. The number of carboxylic acids is 1. The van der Waals surface area contributed by atoms with Crippen LogP contribution in [0.2, 0.25) is 0 Å². The van der Waals surface area contributed by atoms with Crippen molar-refractivity contribution in [1.82, 2.24) is 14.8 Å². The predicted octanol–water partition coefficient (Wildman–Crippen LogP) is 2.84. The van der Waals surface area contributed by atoms with Crippen LogP contribution in [0.25, 0.3) is 10.9 Å². The molecule has 0 aliphatic carbocycles. The van der Waals surface area contributed by atoms with Gasteiger partial charge in [-0.2, -0.15) is 0 Å². The van der Waals surface area contributed by atoms with Gasteiger partial charge in [0, 0.05) is 55.7 Å². The van der Waals surface area contributed by atoms with Gasteiger partial charge in [-0.05, 0) is 44.4 Å². The summed E-state index contributed by atoms with van der Waals surface area (Å²) in [4.78, 5) is 36.9. The molecule has 1 aromatic heterocycles. The topological polar surface area (TPSA) is 107 Å². The number of hydrogen-bond acceptors (Lipinski definition) is 7. The summed E-state index contributed by atoms with van der Waals surface area (Å²) in [5.41, 5.74) is 3.81. The number of pyridine rings is 1. The van der Waals surface area contributed by atoms with Crippen molar-refractivity contribution in [1.29, 1.82) is 0 Å². The van der Waals surface area contributed by atoms with E-state index < -0.39 is 5.97 Å². The third-order valence-corrected chi connectivity index (χ3v) is 7.34. The van der Waals surface area contributed by atoms with Gasteiger partial charge in [0.2, 0.25) is 0 Å². The molecule has 9 heteroatoms. The molecule has 3 aliphatic heterocycles. The van der Waals surface area contributed by atoms with Crippen molar-refractivity contribution >= 4 is 22.7 Å². The quantitative estimate of drug-likeness (QED) is 0.612. The molecule has 1 saturated heterocycles. The number of aliphatic carboxylic acids is 1. The van der Waals surface area contributed by atoms with Gasteiger partial charge in [-0.15, -0.1) is 0 Å². The number of aryl methyl sites for hydroxylation is 1. The molecule has 2 atom stereocenters. The van der Waals surface area contributed by atoms with Crippen LogP contribution in [0.15, 0.2) is 51.5 Å². The van der Waals surface area contributed by atoms with E-state index in [1.165, 1.54) is 0 Å². The van der Waals surface area contributed by atoms with Gasteiger partial charge in [0.15, 0.2) is 5.43 Å². The number of fused-ring (bicyclic) bond motifs is 2. The predicted molar refractivity (Wildman–Crippen MR) is 138 cm³/mol. The van der Waals surface area contributed by atoms with Crippen molar-refractivity contribution in [3.8, 4) is 5.75 Å². The summed E-state index contributed by atoms with van der Waals surface area (Å²) in [6.45, 7) is 6.99. The van der Waals surface area contributed by atoms with E-state index in [1.807, 2.05) is 26.0 Å². The van der Waals surface area contributed by atoms with Crippen molar-refractivity contribution in [2.75, 3.05) is 33.4 Å². The number of piperidine rings is 1. The Bertz CT molecular complexity index is 1340. The molecule has 190 valence electrons. The fourth-order valence-corrected chi connectivity index (χ4v) is 5.70. The van der Waals surface area contributed by atoms with Crippen molar-refractivity contribution in [2.24, 2.45) is 4.99 Å². The van der Waals surface area contributed by atoms with Crippen LogP contribution in [-0.4, -0.2) is 77.2 Å². The molecule has 4 heterocycles. The van der Waals surface area contributed by atoms with Gasteiger partial charge in [0.1, 0.15) is 17.3 Å². The second-order valence-electron chi connectivity index (χ2n) is 9.39. The van der Waals surface area contributed by atoms with Crippen LogP contribution in [0.3, 0.4) is 0 Å². The van der Waals surface area contributed by atoms with Crippen LogP contribution in [0.1, 0.15) is 30.9 Å². The number of nitrogens with one attached hydrogen (secondary N) is 1. The minimum Gasteiger partial charge on any atom is -0.496 e. The first-order chi connectivity index (χ1) is 17.4. The molecular formula is C27H32N4O5. The number of amidine groups is 1. The fourth-order valence-electron chi connectivity index (χ4n) is 5.70. The molecule has 5 rings (SSSR count). The fraction of sp³-hybridized carbons (Fsp3) is 0.444. The van der Waals surface area contributed by atoms with Crippen LogP contribution >= 0.6 is 0 Å². The molecule has 0 radical (unpaired) electrons. The average molecular weight is 493 g/mol. The maximum Gasteiger partial charge on any atom is 0.352 e. The number of aromatic nitrogens is 1.